The van der Waals surface area contributed by atoms with E-state index >= 15 is 0 Å². The molecule has 242 valence electrons. The highest BCUT2D eigenvalue weighted by atomic mass is 32.1. The van der Waals surface area contributed by atoms with E-state index < -0.39 is 0 Å². The summed E-state index contributed by atoms with van der Waals surface area (Å²) < 4.78 is 4.83. The van der Waals surface area contributed by atoms with Gasteiger partial charge in [0.25, 0.3) is 0 Å². The lowest BCUT2D eigenvalue weighted by atomic mass is 9.98. The van der Waals surface area contributed by atoms with E-state index in [1.807, 2.05) is 29.5 Å². The van der Waals surface area contributed by atoms with Crippen LogP contribution in [0.5, 0.6) is 0 Å². The average molecular weight is 681 g/mol. The highest BCUT2D eigenvalue weighted by Gasteiger charge is 2.20. The summed E-state index contributed by atoms with van der Waals surface area (Å²) in [5.41, 5.74) is 6.28. The Labute approximate surface area is 302 Å². The van der Waals surface area contributed by atoms with Crippen LogP contribution in [0.2, 0.25) is 0 Å². The molecule has 5 heteroatoms. The quantitative estimate of drug-likeness (QED) is 0.174. The van der Waals surface area contributed by atoms with E-state index in [0.717, 1.165) is 27.9 Å². The summed E-state index contributed by atoms with van der Waals surface area (Å²) in [6, 6.07) is 60.1. The van der Waals surface area contributed by atoms with Crippen molar-refractivity contribution in [1.29, 1.82) is 0 Å². The van der Waals surface area contributed by atoms with Crippen LogP contribution in [0.4, 0.5) is 0 Å². The molecule has 52 heavy (non-hydrogen) atoms. The molecule has 0 aliphatic carbocycles. The summed E-state index contributed by atoms with van der Waals surface area (Å²) >= 11 is 1.84. The minimum absolute atomic E-state index is 0.642. The van der Waals surface area contributed by atoms with Crippen molar-refractivity contribution in [2.45, 2.75) is 0 Å². The second kappa shape index (κ2) is 11.4. The molecule has 0 aliphatic rings. The van der Waals surface area contributed by atoms with Crippen molar-refractivity contribution in [2.24, 2.45) is 0 Å². The molecule has 0 saturated carbocycles. The van der Waals surface area contributed by atoms with Gasteiger partial charge in [-0.1, -0.05) is 140 Å². The zero-order valence-electron chi connectivity index (χ0n) is 27.9. The van der Waals surface area contributed by atoms with Gasteiger partial charge in [0, 0.05) is 58.7 Å². The molecule has 4 nitrogen and oxygen atoms in total. The van der Waals surface area contributed by atoms with Gasteiger partial charge >= 0.3 is 0 Å². The fourth-order valence-electron chi connectivity index (χ4n) is 7.86. The number of hydrogen-bond acceptors (Lipinski definition) is 4. The van der Waals surface area contributed by atoms with Crippen molar-refractivity contribution >= 4 is 74.9 Å². The van der Waals surface area contributed by atoms with Gasteiger partial charge in [-0.25, -0.2) is 15.0 Å². The topological polar surface area (TPSA) is 43.6 Å². The molecule has 8 aromatic carbocycles. The second-order valence-electron chi connectivity index (χ2n) is 13.2. The maximum Gasteiger partial charge on any atom is 0.164 e. The van der Waals surface area contributed by atoms with E-state index in [4.69, 9.17) is 15.0 Å². The Bertz CT molecular complexity index is 3180. The molecular weight excluding hydrogens is 653 g/mol. The van der Waals surface area contributed by atoms with Crippen LogP contribution >= 0.6 is 11.3 Å². The van der Waals surface area contributed by atoms with E-state index in [1.54, 1.807) is 0 Å². The van der Waals surface area contributed by atoms with Crippen LogP contribution in [-0.4, -0.2) is 19.5 Å². The summed E-state index contributed by atoms with van der Waals surface area (Å²) in [7, 11) is 0. The number of nitrogens with zero attached hydrogens (tertiary/aromatic N) is 4. The lowest BCUT2D eigenvalue weighted by Gasteiger charge is -2.11. The minimum atomic E-state index is 0.642. The van der Waals surface area contributed by atoms with Gasteiger partial charge in [-0.3, -0.25) is 0 Å². The molecule has 0 aliphatic heterocycles. The van der Waals surface area contributed by atoms with Crippen molar-refractivity contribution in [3.63, 3.8) is 0 Å². The number of benzene rings is 8. The Hall–Kier alpha value is -6.69. The summed E-state index contributed by atoms with van der Waals surface area (Å²) in [5, 5.41) is 9.86. The molecule has 0 bridgehead atoms. The molecule has 0 N–H and O–H groups in total. The molecule has 11 aromatic rings. The first-order valence-electron chi connectivity index (χ1n) is 17.5. The van der Waals surface area contributed by atoms with Crippen molar-refractivity contribution < 1.29 is 0 Å². The van der Waals surface area contributed by atoms with Gasteiger partial charge in [-0.2, -0.15) is 0 Å². The van der Waals surface area contributed by atoms with Crippen LogP contribution in [0, 0.1) is 0 Å². The van der Waals surface area contributed by atoms with Crippen LogP contribution in [0.25, 0.3) is 103 Å². The number of rotatable bonds is 4. The first-order valence-corrected chi connectivity index (χ1v) is 18.3. The molecule has 0 saturated heterocycles. The SMILES string of the molecule is c1ccc(-c2nc(-c3ccc4c5ccccc5n(-c5ccccc5)c4c3)nc(-c3cccc4sc5c(ccc6ccc7ccccc7c65)c34)n2)cc1. The van der Waals surface area contributed by atoms with Gasteiger partial charge < -0.3 is 4.57 Å². The third-order valence-corrected chi connectivity index (χ3v) is 11.4. The maximum atomic E-state index is 5.28. The smallest absolute Gasteiger partial charge is 0.164 e. The fourth-order valence-corrected chi connectivity index (χ4v) is 9.16. The molecule has 3 aromatic heterocycles. The molecule has 0 atom stereocenters. The molecule has 0 fully saturated rings. The van der Waals surface area contributed by atoms with Crippen LogP contribution in [0.15, 0.2) is 170 Å². The first-order chi connectivity index (χ1) is 25.8. The standard InChI is InChI=1S/C47H28N4S/c1-3-13-31(14-4-1)45-48-46(32-25-26-36-35-18-9-10-20-39(35)51(40(36)28-32)33-15-5-2-6-16-33)50-47(49-45)38-19-11-21-41-43(38)37-27-24-30-23-22-29-12-7-8-17-34(29)42(30)44(37)52-41/h1-28H. The van der Waals surface area contributed by atoms with Crippen molar-refractivity contribution in [2.75, 3.05) is 0 Å². The third-order valence-electron chi connectivity index (χ3n) is 10.2. The van der Waals surface area contributed by atoms with E-state index in [9.17, 15) is 0 Å². The van der Waals surface area contributed by atoms with E-state index in [1.165, 1.54) is 58.0 Å². The lowest BCUT2D eigenvalue weighted by Crippen LogP contribution is -2.00. The molecule has 0 amide bonds. The molecular formula is C47H28N4S. The highest BCUT2D eigenvalue weighted by Crippen LogP contribution is 2.44. The molecule has 0 unspecified atom stereocenters. The Morgan fingerprint density at radius 2 is 1.06 bits per heavy atom. The molecule has 0 radical (unpaired) electrons. The highest BCUT2D eigenvalue weighted by molar-refractivity contribution is 7.27. The summed E-state index contributed by atoms with van der Waals surface area (Å²) in [4.78, 5) is 15.6. The van der Waals surface area contributed by atoms with E-state index in [0.29, 0.717) is 17.5 Å². The normalized spacial score (nSPS) is 11.8. The van der Waals surface area contributed by atoms with E-state index in [-0.39, 0.29) is 0 Å². The van der Waals surface area contributed by atoms with E-state index in [2.05, 4.69) is 156 Å². The summed E-state index contributed by atoms with van der Waals surface area (Å²) in [6.45, 7) is 0. The fraction of sp³-hybridized carbons (Fsp3) is 0. The van der Waals surface area contributed by atoms with Crippen molar-refractivity contribution in [3.05, 3.63) is 170 Å². The zero-order valence-corrected chi connectivity index (χ0v) is 28.7. The zero-order chi connectivity index (χ0) is 34.2. The van der Waals surface area contributed by atoms with Crippen LogP contribution < -0.4 is 0 Å². The number of aromatic nitrogens is 4. The number of hydrogen-bond donors (Lipinski definition) is 0. The van der Waals surface area contributed by atoms with Gasteiger partial charge in [-0.05, 0) is 46.5 Å². The maximum absolute atomic E-state index is 5.28. The van der Waals surface area contributed by atoms with Crippen LogP contribution in [0.3, 0.4) is 0 Å². The minimum Gasteiger partial charge on any atom is -0.309 e. The predicted octanol–water partition coefficient (Wildman–Crippen LogP) is 12.6. The predicted molar refractivity (Wildman–Crippen MR) is 218 cm³/mol. The van der Waals surface area contributed by atoms with Crippen LogP contribution in [-0.2, 0) is 0 Å². The Morgan fingerprint density at radius 3 is 1.92 bits per heavy atom. The third kappa shape index (κ3) is 4.43. The van der Waals surface area contributed by atoms with Crippen molar-refractivity contribution in [1.82, 2.24) is 19.5 Å². The van der Waals surface area contributed by atoms with Gasteiger partial charge in [0.15, 0.2) is 17.5 Å². The number of fused-ring (bicyclic) bond motifs is 10. The summed E-state index contributed by atoms with van der Waals surface area (Å²) in [6.07, 6.45) is 0. The molecule has 0 spiro atoms. The largest absolute Gasteiger partial charge is 0.309 e. The monoisotopic (exact) mass is 680 g/mol. The first kappa shape index (κ1) is 29.1. The van der Waals surface area contributed by atoms with Gasteiger partial charge in [0.05, 0.1) is 11.0 Å². The van der Waals surface area contributed by atoms with Gasteiger partial charge in [0.1, 0.15) is 0 Å². The Kier molecular flexibility index (Phi) is 6.39. The number of para-hydroxylation sites is 2. The van der Waals surface area contributed by atoms with Crippen LogP contribution in [0.1, 0.15) is 0 Å². The lowest BCUT2D eigenvalue weighted by molar-refractivity contribution is 1.08. The molecule has 3 heterocycles. The molecule has 11 rings (SSSR count). The Morgan fingerprint density at radius 1 is 0.404 bits per heavy atom. The second-order valence-corrected chi connectivity index (χ2v) is 14.3. The van der Waals surface area contributed by atoms with Gasteiger partial charge in [0.2, 0.25) is 0 Å². The summed E-state index contributed by atoms with van der Waals surface area (Å²) in [5.74, 6) is 1.96. The number of thiophene rings is 1. The van der Waals surface area contributed by atoms with Crippen molar-refractivity contribution in [3.8, 4) is 39.9 Å². The average Bonchev–Trinajstić information content (AvgIpc) is 3.77. The Balaban J connectivity index is 1.18. The van der Waals surface area contributed by atoms with Gasteiger partial charge in [-0.15, -0.1) is 11.3 Å².